The molecule has 3 N–H and O–H groups in total. The molecule has 1 aromatic carbocycles. The molecular weight excluding hydrogens is 248 g/mol. The molecule has 3 atom stereocenters. The van der Waals surface area contributed by atoms with Crippen molar-refractivity contribution in [2.45, 2.75) is 52.6 Å². The Bertz CT molecular complexity index is 403. The molecule has 0 spiro atoms. The summed E-state index contributed by atoms with van der Waals surface area (Å²) in [7, 11) is 0. The third-order valence-electron chi connectivity index (χ3n) is 3.79. The van der Waals surface area contributed by atoms with Crippen LogP contribution in [0.3, 0.4) is 0 Å². The second kappa shape index (κ2) is 8.05. The maximum absolute atomic E-state index is 12.3. The first-order valence-electron chi connectivity index (χ1n) is 7.56. The molecule has 0 radical (unpaired) electrons. The average molecular weight is 276 g/mol. The number of rotatable bonds is 7. The molecule has 0 aliphatic rings. The number of hydrogen-bond acceptors (Lipinski definition) is 2. The molecule has 0 aliphatic heterocycles. The van der Waals surface area contributed by atoms with E-state index < -0.39 is 6.04 Å². The van der Waals surface area contributed by atoms with Gasteiger partial charge in [0, 0.05) is 0 Å². The van der Waals surface area contributed by atoms with Gasteiger partial charge in [0.15, 0.2) is 0 Å². The molecule has 0 saturated carbocycles. The van der Waals surface area contributed by atoms with E-state index in [-0.39, 0.29) is 17.9 Å². The van der Waals surface area contributed by atoms with Crippen LogP contribution in [0.15, 0.2) is 30.3 Å². The summed E-state index contributed by atoms with van der Waals surface area (Å²) in [5, 5.41) is 3.12. The van der Waals surface area contributed by atoms with Gasteiger partial charge >= 0.3 is 0 Å². The summed E-state index contributed by atoms with van der Waals surface area (Å²) < 4.78 is 0. The zero-order chi connectivity index (χ0) is 15.1. The van der Waals surface area contributed by atoms with Crippen molar-refractivity contribution in [1.82, 2.24) is 5.32 Å². The second-order valence-corrected chi connectivity index (χ2v) is 6.01. The van der Waals surface area contributed by atoms with Crippen LogP contribution in [-0.4, -0.2) is 11.9 Å². The monoisotopic (exact) mass is 276 g/mol. The van der Waals surface area contributed by atoms with Crippen molar-refractivity contribution in [3.8, 4) is 0 Å². The summed E-state index contributed by atoms with van der Waals surface area (Å²) in [6.45, 7) is 8.40. The molecule has 0 aromatic heterocycles. The van der Waals surface area contributed by atoms with Crippen molar-refractivity contribution in [2.75, 3.05) is 0 Å². The Morgan fingerprint density at radius 2 is 1.80 bits per heavy atom. The van der Waals surface area contributed by atoms with E-state index in [1.807, 2.05) is 25.1 Å². The topological polar surface area (TPSA) is 55.1 Å². The molecule has 0 aliphatic carbocycles. The Kier molecular flexibility index (Phi) is 6.73. The molecule has 3 heteroatoms. The van der Waals surface area contributed by atoms with E-state index >= 15 is 0 Å². The van der Waals surface area contributed by atoms with E-state index in [9.17, 15) is 4.79 Å². The van der Waals surface area contributed by atoms with Crippen LogP contribution < -0.4 is 11.1 Å². The maximum Gasteiger partial charge on any atom is 0.237 e. The van der Waals surface area contributed by atoms with Crippen molar-refractivity contribution < 1.29 is 4.79 Å². The Labute approximate surface area is 122 Å². The van der Waals surface area contributed by atoms with Gasteiger partial charge in [-0.2, -0.15) is 0 Å². The van der Waals surface area contributed by atoms with Crippen LogP contribution in [0.4, 0.5) is 0 Å². The van der Waals surface area contributed by atoms with Crippen LogP contribution in [0.2, 0.25) is 0 Å². The Morgan fingerprint density at radius 1 is 1.20 bits per heavy atom. The van der Waals surface area contributed by atoms with Gasteiger partial charge in [-0.15, -0.1) is 0 Å². The molecule has 20 heavy (non-hydrogen) atoms. The predicted octanol–water partition coefficient (Wildman–Crippen LogP) is 3.26. The number of carbonyl (C=O) groups excluding carboxylic acids is 1. The van der Waals surface area contributed by atoms with Gasteiger partial charge in [0.05, 0.1) is 12.1 Å². The first-order chi connectivity index (χ1) is 9.45. The fourth-order valence-corrected chi connectivity index (χ4v) is 2.22. The fraction of sp³-hybridized carbons (Fsp3) is 0.588. The highest BCUT2D eigenvalue weighted by Crippen LogP contribution is 2.21. The lowest BCUT2D eigenvalue weighted by molar-refractivity contribution is -0.124. The summed E-state index contributed by atoms with van der Waals surface area (Å²) in [6.07, 6.45) is 1.83. The Hall–Kier alpha value is -1.35. The molecule has 3 nitrogen and oxygen atoms in total. The number of amides is 1. The van der Waals surface area contributed by atoms with Crippen molar-refractivity contribution in [1.29, 1.82) is 0 Å². The highest BCUT2D eigenvalue weighted by molar-refractivity contribution is 5.82. The number of nitrogens with two attached hydrogens (primary N) is 1. The van der Waals surface area contributed by atoms with E-state index in [0.717, 1.165) is 18.4 Å². The number of nitrogens with one attached hydrogen (secondary N) is 1. The minimum absolute atomic E-state index is 0.0406. The van der Waals surface area contributed by atoms with Crippen LogP contribution in [0.1, 0.15) is 52.1 Å². The first-order valence-corrected chi connectivity index (χ1v) is 7.56. The van der Waals surface area contributed by atoms with Gasteiger partial charge in [-0.1, -0.05) is 64.4 Å². The van der Waals surface area contributed by atoms with Gasteiger partial charge in [0.25, 0.3) is 0 Å². The van der Waals surface area contributed by atoms with E-state index in [4.69, 9.17) is 5.73 Å². The minimum atomic E-state index is -0.432. The fourth-order valence-electron chi connectivity index (χ4n) is 2.22. The normalized spacial score (nSPS) is 15.7. The van der Waals surface area contributed by atoms with Crippen LogP contribution in [-0.2, 0) is 4.79 Å². The SMILES string of the molecule is CCC(C)C(N)C(=O)NC(CC(C)C)c1ccccc1. The van der Waals surface area contributed by atoms with Crippen molar-refractivity contribution in [3.63, 3.8) is 0 Å². The van der Waals surface area contributed by atoms with Gasteiger partial charge in [0.2, 0.25) is 5.91 Å². The van der Waals surface area contributed by atoms with Gasteiger partial charge < -0.3 is 11.1 Å². The zero-order valence-corrected chi connectivity index (χ0v) is 13.1. The first kappa shape index (κ1) is 16.7. The van der Waals surface area contributed by atoms with Gasteiger partial charge in [-0.3, -0.25) is 4.79 Å². The van der Waals surface area contributed by atoms with E-state index in [0.29, 0.717) is 5.92 Å². The van der Waals surface area contributed by atoms with Gasteiger partial charge in [-0.25, -0.2) is 0 Å². The molecule has 0 bridgehead atoms. The molecular formula is C17H28N2O. The zero-order valence-electron chi connectivity index (χ0n) is 13.1. The predicted molar refractivity (Wildman–Crippen MR) is 84.2 cm³/mol. The molecule has 3 unspecified atom stereocenters. The van der Waals surface area contributed by atoms with Crippen LogP contribution >= 0.6 is 0 Å². The van der Waals surface area contributed by atoms with Crippen molar-refractivity contribution >= 4 is 5.91 Å². The largest absolute Gasteiger partial charge is 0.348 e. The molecule has 1 amide bonds. The highest BCUT2D eigenvalue weighted by Gasteiger charge is 2.23. The van der Waals surface area contributed by atoms with Crippen LogP contribution in [0.25, 0.3) is 0 Å². The lowest BCUT2D eigenvalue weighted by Gasteiger charge is -2.25. The van der Waals surface area contributed by atoms with Crippen LogP contribution in [0, 0.1) is 11.8 Å². The summed E-state index contributed by atoms with van der Waals surface area (Å²) in [5.41, 5.74) is 7.16. The smallest absolute Gasteiger partial charge is 0.237 e. The van der Waals surface area contributed by atoms with E-state index in [1.165, 1.54) is 0 Å². The molecule has 1 aromatic rings. The van der Waals surface area contributed by atoms with Crippen molar-refractivity contribution in [2.24, 2.45) is 17.6 Å². The Morgan fingerprint density at radius 3 is 2.30 bits per heavy atom. The van der Waals surface area contributed by atoms with Gasteiger partial charge in [0.1, 0.15) is 0 Å². The summed E-state index contributed by atoms with van der Waals surface area (Å²) in [4.78, 5) is 12.3. The van der Waals surface area contributed by atoms with Gasteiger partial charge in [-0.05, 0) is 23.8 Å². The van der Waals surface area contributed by atoms with E-state index in [2.05, 4.69) is 38.2 Å². The third-order valence-corrected chi connectivity index (χ3v) is 3.79. The highest BCUT2D eigenvalue weighted by atomic mass is 16.2. The van der Waals surface area contributed by atoms with E-state index in [1.54, 1.807) is 0 Å². The molecule has 0 heterocycles. The molecule has 0 fully saturated rings. The maximum atomic E-state index is 12.3. The lowest BCUT2D eigenvalue weighted by atomic mass is 9.95. The summed E-state index contributed by atoms with van der Waals surface area (Å²) in [5.74, 6) is 0.666. The third kappa shape index (κ3) is 4.97. The molecule has 0 saturated heterocycles. The van der Waals surface area contributed by atoms with Crippen molar-refractivity contribution in [3.05, 3.63) is 35.9 Å². The van der Waals surface area contributed by atoms with Crippen LogP contribution in [0.5, 0.6) is 0 Å². The summed E-state index contributed by atoms with van der Waals surface area (Å²) in [6, 6.07) is 9.72. The average Bonchev–Trinajstić information content (AvgIpc) is 2.45. The number of carbonyl (C=O) groups is 1. The quantitative estimate of drug-likeness (QED) is 0.803. The molecule has 112 valence electrons. The lowest BCUT2D eigenvalue weighted by Crippen LogP contribution is -2.46. The number of benzene rings is 1. The summed E-state index contributed by atoms with van der Waals surface area (Å²) >= 11 is 0. The molecule has 1 rings (SSSR count). The number of hydrogen-bond donors (Lipinski definition) is 2. The standard InChI is InChI=1S/C17H28N2O/c1-5-13(4)16(18)17(20)19-15(11-12(2)3)14-9-7-6-8-10-14/h6-10,12-13,15-16H,5,11,18H2,1-4H3,(H,19,20). The minimum Gasteiger partial charge on any atom is -0.348 e. The Balaban J connectivity index is 2.78. The second-order valence-electron chi connectivity index (χ2n) is 6.01.